The summed E-state index contributed by atoms with van der Waals surface area (Å²) < 4.78 is 0. The maximum Gasteiger partial charge on any atom is 0.222 e. The molecule has 0 atom stereocenters. The van der Waals surface area contributed by atoms with Crippen LogP contribution in [0, 0.1) is 5.41 Å². The van der Waals surface area contributed by atoms with Gasteiger partial charge in [0.25, 0.3) is 0 Å². The van der Waals surface area contributed by atoms with Gasteiger partial charge in [-0.05, 0) is 51.1 Å². The van der Waals surface area contributed by atoms with Crippen molar-refractivity contribution in [1.29, 1.82) is 0 Å². The molecule has 0 N–H and O–H groups in total. The maximum atomic E-state index is 11.9. The Morgan fingerprint density at radius 3 is 2.31 bits per heavy atom. The molecule has 0 aromatic heterocycles. The van der Waals surface area contributed by atoms with Crippen molar-refractivity contribution >= 4 is 18.5 Å². The molecular weight excluding hydrogens is 220 g/mol. The van der Waals surface area contributed by atoms with Gasteiger partial charge in [-0.25, -0.2) is 0 Å². The molecule has 3 nitrogen and oxygen atoms in total. The fourth-order valence-corrected chi connectivity index (χ4v) is 2.20. The lowest BCUT2D eigenvalue weighted by Crippen LogP contribution is -2.31. The molecular formula is C12H24N2OS. The average Bonchev–Trinajstić information content (AvgIpc) is 2.97. The van der Waals surface area contributed by atoms with Gasteiger partial charge in [0.2, 0.25) is 5.91 Å². The summed E-state index contributed by atoms with van der Waals surface area (Å²) in [5, 5.41) is 0. The van der Waals surface area contributed by atoms with Crippen molar-refractivity contribution in [3.63, 3.8) is 0 Å². The fraction of sp³-hybridized carbons (Fsp3) is 0.917. The number of hydrogen-bond donors (Lipinski definition) is 1. The Kier molecular flexibility index (Phi) is 5.12. The molecule has 0 radical (unpaired) electrons. The zero-order valence-electron chi connectivity index (χ0n) is 10.7. The Balaban J connectivity index is 2.20. The van der Waals surface area contributed by atoms with E-state index in [1.54, 1.807) is 0 Å². The molecule has 0 aromatic rings. The maximum absolute atomic E-state index is 11.9. The Labute approximate surface area is 105 Å². The van der Waals surface area contributed by atoms with Gasteiger partial charge in [0.15, 0.2) is 0 Å². The summed E-state index contributed by atoms with van der Waals surface area (Å²) in [5.74, 6) is 1.13. The zero-order chi connectivity index (χ0) is 12.2. The summed E-state index contributed by atoms with van der Waals surface area (Å²) in [6.45, 7) is 1.90. The number of carbonyl (C=O) groups excluding carboxylic acids is 1. The normalized spacial score (nSPS) is 17.6. The second-order valence-electron chi connectivity index (χ2n) is 5.31. The van der Waals surface area contributed by atoms with Crippen LogP contribution in [0.3, 0.4) is 0 Å². The summed E-state index contributed by atoms with van der Waals surface area (Å²) in [6, 6.07) is 0. The van der Waals surface area contributed by atoms with E-state index in [1.807, 2.05) is 11.9 Å². The molecule has 1 fully saturated rings. The molecule has 4 heteroatoms. The zero-order valence-corrected chi connectivity index (χ0v) is 11.6. The quantitative estimate of drug-likeness (QED) is 0.686. The molecule has 1 saturated carbocycles. The van der Waals surface area contributed by atoms with Crippen LogP contribution < -0.4 is 0 Å². The molecule has 0 spiro atoms. The fourth-order valence-electron chi connectivity index (χ4n) is 1.77. The van der Waals surface area contributed by atoms with Crippen LogP contribution in [0.1, 0.15) is 25.7 Å². The second kappa shape index (κ2) is 5.92. The summed E-state index contributed by atoms with van der Waals surface area (Å²) in [5.41, 5.74) is 0.246. The van der Waals surface area contributed by atoms with Gasteiger partial charge in [-0.3, -0.25) is 4.79 Å². The summed E-state index contributed by atoms with van der Waals surface area (Å²) in [7, 11) is 6.02. The molecule has 0 aromatic carbocycles. The predicted octanol–water partition coefficient (Wildman–Crippen LogP) is 1.50. The van der Waals surface area contributed by atoms with Crippen molar-refractivity contribution in [2.45, 2.75) is 25.7 Å². The Bertz CT molecular complexity index is 239. The third-order valence-electron chi connectivity index (χ3n) is 3.34. The topological polar surface area (TPSA) is 23.6 Å². The van der Waals surface area contributed by atoms with E-state index in [9.17, 15) is 4.79 Å². The van der Waals surface area contributed by atoms with Crippen LogP contribution in [0.25, 0.3) is 0 Å². The van der Waals surface area contributed by atoms with Crippen LogP contribution >= 0.6 is 12.6 Å². The lowest BCUT2D eigenvalue weighted by molar-refractivity contribution is -0.131. The lowest BCUT2D eigenvalue weighted by Gasteiger charge is -2.21. The summed E-state index contributed by atoms with van der Waals surface area (Å²) >= 11 is 4.33. The number of rotatable bonds is 7. The second-order valence-corrected chi connectivity index (χ2v) is 5.62. The highest BCUT2D eigenvalue weighted by Crippen LogP contribution is 2.49. The third kappa shape index (κ3) is 4.34. The van der Waals surface area contributed by atoms with E-state index in [1.165, 1.54) is 12.8 Å². The average molecular weight is 244 g/mol. The standard InChI is InChI=1S/C12H24N2OS/c1-13(2)7-4-8-14(3)11(15)9-12(10-16)5-6-12/h16H,4-10H2,1-3H3. The van der Waals surface area contributed by atoms with E-state index in [4.69, 9.17) is 0 Å². The van der Waals surface area contributed by atoms with Gasteiger partial charge in [-0.2, -0.15) is 12.6 Å². The molecule has 0 saturated heterocycles. The predicted molar refractivity (Wildman–Crippen MR) is 70.9 cm³/mol. The molecule has 0 heterocycles. The molecule has 0 aliphatic heterocycles. The Hall–Kier alpha value is -0.220. The first-order valence-corrected chi connectivity index (χ1v) is 6.62. The Morgan fingerprint density at radius 1 is 1.25 bits per heavy atom. The van der Waals surface area contributed by atoms with Crippen LogP contribution in [0.5, 0.6) is 0 Å². The first kappa shape index (κ1) is 13.8. The van der Waals surface area contributed by atoms with Crippen molar-refractivity contribution in [3.8, 4) is 0 Å². The number of thiol groups is 1. The van der Waals surface area contributed by atoms with Crippen molar-refractivity contribution in [2.75, 3.05) is 40.0 Å². The summed E-state index contributed by atoms with van der Waals surface area (Å²) in [4.78, 5) is 15.9. The van der Waals surface area contributed by atoms with Crippen LogP contribution in [0.4, 0.5) is 0 Å². The molecule has 1 aliphatic rings. The van der Waals surface area contributed by atoms with Crippen LogP contribution in [-0.2, 0) is 4.79 Å². The first-order valence-electron chi connectivity index (χ1n) is 5.99. The van der Waals surface area contributed by atoms with E-state index < -0.39 is 0 Å². The molecule has 16 heavy (non-hydrogen) atoms. The van der Waals surface area contributed by atoms with Gasteiger partial charge in [0.1, 0.15) is 0 Å². The van der Waals surface area contributed by atoms with E-state index in [2.05, 4.69) is 31.6 Å². The van der Waals surface area contributed by atoms with Crippen molar-refractivity contribution in [2.24, 2.45) is 5.41 Å². The van der Waals surface area contributed by atoms with Crippen LogP contribution in [-0.4, -0.2) is 55.7 Å². The van der Waals surface area contributed by atoms with Gasteiger partial charge in [0, 0.05) is 20.0 Å². The minimum Gasteiger partial charge on any atom is -0.346 e. The number of hydrogen-bond acceptors (Lipinski definition) is 3. The van der Waals surface area contributed by atoms with Crippen molar-refractivity contribution in [1.82, 2.24) is 9.80 Å². The first-order chi connectivity index (χ1) is 7.49. The Morgan fingerprint density at radius 2 is 1.88 bits per heavy atom. The van der Waals surface area contributed by atoms with E-state index >= 15 is 0 Å². The minimum absolute atomic E-state index is 0.246. The molecule has 1 aliphatic carbocycles. The van der Waals surface area contributed by atoms with Crippen LogP contribution in [0.2, 0.25) is 0 Å². The third-order valence-corrected chi connectivity index (χ3v) is 4.01. The minimum atomic E-state index is 0.246. The largest absolute Gasteiger partial charge is 0.346 e. The van der Waals surface area contributed by atoms with E-state index in [-0.39, 0.29) is 11.3 Å². The molecule has 94 valence electrons. The SMILES string of the molecule is CN(C)CCCN(C)C(=O)CC1(CS)CC1. The van der Waals surface area contributed by atoms with Crippen molar-refractivity contribution < 1.29 is 4.79 Å². The van der Waals surface area contributed by atoms with Gasteiger partial charge in [0.05, 0.1) is 0 Å². The van der Waals surface area contributed by atoms with Gasteiger partial charge in [-0.1, -0.05) is 0 Å². The van der Waals surface area contributed by atoms with E-state index in [0.717, 1.165) is 25.3 Å². The molecule has 0 unspecified atom stereocenters. The lowest BCUT2D eigenvalue weighted by atomic mass is 10.0. The number of carbonyl (C=O) groups is 1. The van der Waals surface area contributed by atoms with E-state index in [0.29, 0.717) is 6.42 Å². The highest BCUT2D eigenvalue weighted by molar-refractivity contribution is 7.80. The smallest absolute Gasteiger partial charge is 0.222 e. The highest BCUT2D eigenvalue weighted by atomic mass is 32.1. The van der Waals surface area contributed by atoms with Gasteiger partial charge < -0.3 is 9.80 Å². The van der Waals surface area contributed by atoms with Gasteiger partial charge >= 0.3 is 0 Å². The highest BCUT2D eigenvalue weighted by Gasteiger charge is 2.43. The molecule has 0 bridgehead atoms. The monoisotopic (exact) mass is 244 g/mol. The molecule has 1 rings (SSSR count). The van der Waals surface area contributed by atoms with Gasteiger partial charge in [-0.15, -0.1) is 0 Å². The molecule has 1 amide bonds. The number of nitrogens with zero attached hydrogens (tertiary/aromatic N) is 2. The number of amides is 1. The van der Waals surface area contributed by atoms with Crippen LogP contribution in [0.15, 0.2) is 0 Å². The van der Waals surface area contributed by atoms with Crippen molar-refractivity contribution in [3.05, 3.63) is 0 Å². The summed E-state index contributed by atoms with van der Waals surface area (Å²) in [6.07, 6.45) is 4.08.